The zero-order valence-corrected chi connectivity index (χ0v) is 16.7. The summed E-state index contributed by atoms with van der Waals surface area (Å²) in [6, 6.07) is 0. The van der Waals surface area contributed by atoms with E-state index in [2.05, 4.69) is 25.0 Å². The third-order valence-electron chi connectivity index (χ3n) is 4.43. The highest BCUT2D eigenvalue weighted by molar-refractivity contribution is 5.77. The average Bonchev–Trinajstić information content (AvgIpc) is 2.98. The van der Waals surface area contributed by atoms with Crippen LogP contribution >= 0.6 is 0 Å². The molecule has 0 N–H and O–H groups in total. The van der Waals surface area contributed by atoms with Gasteiger partial charge in [-0.2, -0.15) is 0 Å². The van der Waals surface area contributed by atoms with Gasteiger partial charge in [-0.1, -0.05) is 5.16 Å². The Kier molecular flexibility index (Phi) is 5.46. The smallest absolute Gasteiger partial charge is 0.225 e. The van der Waals surface area contributed by atoms with Crippen LogP contribution in [0.5, 0.6) is 0 Å². The molecule has 0 amide bonds. The summed E-state index contributed by atoms with van der Waals surface area (Å²) in [6.45, 7) is 7.51. The minimum atomic E-state index is 0.631. The zero-order chi connectivity index (χ0) is 19.6. The molecule has 0 aliphatic carbocycles. The molecular formula is C19H25N7O. The van der Waals surface area contributed by atoms with Crippen LogP contribution in [0.2, 0.25) is 0 Å². The molecule has 3 rings (SSSR count). The normalized spacial score (nSPS) is 11.2. The Labute approximate surface area is 159 Å². The van der Waals surface area contributed by atoms with Gasteiger partial charge in [-0.05, 0) is 34.9 Å². The van der Waals surface area contributed by atoms with Crippen LogP contribution in [0.15, 0.2) is 23.1 Å². The standard InChI is InChI=1S/C19H25N7O/c1-12-9-21-16(11-20-12)17-15(18-13(2)14(3)24-27-18)10-22-19(23-17)26(6)8-7-25(4)5/h9-11H,7-8H2,1-6H3. The molecule has 3 aromatic rings. The lowest BCUT2D eigenvalue weighted by Crippen LogP contribution is -2.29. The summed E-state index contributed by atoms with van der Waals surface area (Å²) in [5, 5.41) is 4.07. The molecule has 142 valence electrons. The first-order chi connectivity index (χ1) is 12.9. The van der Waals surface area contributed by atoms with Crippen molar-refractivity contribution in [3.8, 4) is 22.7 Å². The third kappa shape index (κ3) is 4.11. The lowest BCUT2D eigenvalue weighted by atomic mass is 10.1. The fourth-order valence-electron chi connectivity index (χ4n) is 2.55. The van der Waals surface area contributed by atoms with E-state index < -0.39 is 0 Å². The molecule has 0 bridgehead atoms. The molecule has 0 unspecified atom stereocenters. The molecule has 0 aliphatic rings. The van der Waals surface area contributed by atoms with Crippen molar-refractivity contribution < 1.29 is 4.52 Å². The minimum Gasteiger partial charge on any atom is -0.356 e. The number of hydrogen-bond acceptors (Lipinski definition) is 8. The maximum Gasteiger partial charge on any atom is 0.225 e. The largest absolute Gasteiger partial charge is 0.356 e. The van der Waals surface area contributed by atoms with Crippen LogP contribution in [-0.2, 0) is 0 Å². The van der Waals surface area contributed by atoms with Gasteiger partial charge < -0.3 is 14.3 Å². The van der Waals surface area contributed by atoms with Crippen molar-refractivity contribution in [2.45, 2.75) is 20.8 Å². The first-order valence-corrected chi connectivity index (χ1v) is 8.82. The van der Waals surface area contributed by atoms with Gasteiger partial charge >= 0.3 is 0 Å². The summed E-state index contributed by atoms with van der Waals surface area (Å²) >= 11 is 0. The number of aromatic nitrogens is 5. The van der Waals surface area contributed by atoms with E-state index >= 15 is 0 Å². The maximum atomic E-state index is 5.55. The molecule has 0 spiro atoms. The third-order valence-corrected chi connectivity index (χ3v) is 4.43. The predicted molar refractivity (Wildman–Crippen MR) is 105 cm³/mol. The molecule has 0 fully saturated rings. The molecule has 0 radical (unpaired) electrons. The predicted octanol–water partition coefficient (Wildman–Crippen LogP) is 2.51. The van der Waals surface area contributed by atoms with Gasteiger partial charge in [0, 0.05) is 38.1 Å². The van der Waals surface area contributed by atoms with Gasteiger partial charge in [-0.3, -0.25) is 9.97 Å². The van der Waals surface area contributed by atoms with Crippen LogP contribution in [0.25, 0.3) is 22.7 Å². The second-order valence-corrected chi connectivity index (χ2v) is 6.92. The Morgan fingerprint density at radius 1 is 0.926 bits per heavy atom. The van der Waals surface area contributed by atoms with Crippen molar-refractivity contribution in [2.75, 3.05) is 39.1 Å². The quantitative estimate of drug-likeness (QED) is 0.657. The average molecular weight is 367 g/mol. The first kappa shape index (κ1) is 18.9. The van der Waals surface area contributed by atoms with Crippen molar-refractivity contribution in [3.05, 3.63) is 35.5 Å². The van der Waals surface area contributed by atoms with Crippen molar-refractivity contribution in [1.29, 1.82) is 0 Å². The fraction of sp³-hybridized carbons (Fsp3) is 0.421. The highest BCUT2D eigenvalue weighted by Gasteiger charge is 2.20. The van der Waals surface area contributed by atoms with Crippen LogP contribution in [0.4, 0.5) is 5.95 Å². The molecule has 0 saturated heterocycles. The van der Waals surface area contributed by atoms with Crippen LogP contribution in [0.1, 0.15) is 17.0 Å². The Morgan fingerprint density at radius 2 is 1.70 bits per heavy atom. The molecular weight excluding hydrogens is 342 g/mol. The number of nitrogens with zero attached hydrogens (tertiary/aromatic N) is 7. The van der Waals surface area contributed by atoms with Gasteiger partial charge in [0.15, 0.2) is 5.76 Å². The number of hydrogen-bond donors (Lipinski definition) is 0. The van der Waals surface area contributed by atoms with Crippen LogP contribution in [0.3, 0.4) is 0 Å². The summed E-state index contributed by atoms with van der Waals surface area (Å²) in [5.74, 6) is 1.29. The zero-order valence-electron chi connectivity index (χ0n) is 16.7. The second kappa shape index (κ2) is 7.79. The van der Waals surface area contributed by atoms with Crippen LogP contribution < -0.4 is 4.90 Å². The van der Waals surface area contributed by atoms with E-state index in [1.165, 1.54) is 0 Å². The topological polar surface area (TPSA) is 84.1 Å². The van der Waals surface area contributed by atoms with Gasteiger partial charge in [0.2, 0.25) is 5.95 Å². The Bertz CT molecular complexity index is 918. The van der Waals surface area contributed by atoms with Crippen molar-refractivity contribution >= 4 is 5.95 Å². The monoisotopic (exact) mass is 367 g/mol. The van der Waals surface area contributed by atoms with Crippen LogP contribution in [-0.4, -0.2) is 64.2 Å². The maximum absolute atomic E-state index is 5.55. The number of aryl methyl sites for hydroxylation is 2. The Balaban J connectivity index is 2.08. The lowest BCUT2D eigenvalue weighted by Gasteiger charge is -2.20. The van der Waals surface area contributed by atoms with Gasteiger partial charge in [-0.25, -0.2) is 9.97 Å². The molecule has 3 heterocycles. The Morgan fingerprint density at radius 3 is 2.30 bits per heavy atom. The van der Waals surface area contributed by atoms with Gasteiger partial charge in [0.25, 0.3) is 0 Å². The van der Waals surface area contributed by atoms with Gasteiger partial charge in [0.1, 0.15) is 11.4 Å². The van der Waals surface area contributed by atoms with E-state index in [4.69, 9.17) is 9.51 Å². The lowest BCUT2D eigenvalue weighted by molar-refractivity contribution is 0.415. The molecule has 0 aromatic carbocycles. The summed E-state index contributed by atoms with van der Waals surface area (Å²) < 4.78 is 5.55. The molecule has 3 aromatic heterocycles. The highest BCUT2D eigenvalue weighted by Crippen LogP contribution is 2.33. The molecule has 8 heteroatoms. The Hall–Kier alpha value is -2.87. The summed E-state index contributed by atoms with van der Waals surface area (Å²) in [4.78, 5) is 22.3. The second-order valence-electron chi connectivity index (χ2n) is 6.92. The van der Waals surface area contributed by atoms with E-state index in [-0.39, 0.29) is 0 Å². The number of rotatable bonds is 6. The molecule has 0 saturated carbocycles. The minimum absolute atomic E-state index is 0.631. The van der Waals surface area contributed by atoms with Crippen molar-refractivity contribution in [3.63, 3.8) is 0 Å². The van der Waals surface area contributed by atoms with Crippen molar-refractivity contribution in [1.82, 2.24) is 30.0 Å². The summed E-state index contributed by atoms with van der Waals surface area (Å²) in [5.41, 5.74) is 4.78. The summed E-state index contributed by atoms with van der Waals surface area (Å²) in [7, 11) is 6.06. The van der Waals surface area contributed by atoms with E-state index in [1.807, 2.05) is 46.8 Å². The van der Waals surface area contributed by atoms with Gasteiger partial charge in [-0.15, -0.1) is 0 Å². The van der Waals surface area contributed by atoms with Gasteiger partial charge in [0.05, 0.1) is 23.1 Å². The number of likely N-dealkylation sites (N-methyl/N-ethyl adjacent to an activating group) is 2. The highest BCUT2D eigenvalue weighted by atomic mass is 16.5. The van der Waals surface area contributed by atoms with E-state index in [0.29, 0.717) is 23.1 Å². The first-order valence-electron chi connectivity index (χ1n) is 8.82. The van der Waals surface area contributed by atoms with E-state index in [9.17, 15) is 0 Å². The molecule has 8 nitrogen and oxygen atoms in total. The van der Waals surface area contributed by atoms with E-state index in [1.54, 1.807) is 18.6 Å². The van der Waals surface area contributed by atoms with Crippen molar-refractivity contribution in [2.24, 2.45) is 0 Å². The summed E-state index contributed by atoms with van der Waals surface area (Å²) in [6.07, 6.45) is 5.23. The fourth-order valence-corrected chi connectivity index (χ4v) is 2.55. The molecule has 0 atom stereocenters. The number of anilines is 1. The SMILES string of the molecule is Cc1cnc(-c2nc(N(C)CCN(C)C)ncc2-c2onc(C)c2C)cn1. The molecule has 27 heavy (non-hydrogen) atoms. The van der Waals surface area contributed by atoms with Crippen LogP contribution in [0, 0.1) is 20.8 Å². The molecule has 0 aliphatic heterocycles. The van der Waals surface area contributed by atoms with E-state index in [0.717, 1.165) is 35.6 Å².